The van der Waals surface area contributed by atoms with Crippen LogP contribution in [0.4, 0.5) is 8.78 Å². The van der Waals surface area contributed by atoms with Gasteiger partial charge in [-0.15, -0.1) is 0 Å². The van der Waals surface area contributed by atoms with Crippen LogP contribution >= 0.6 is 0 Å². The summed E-state index contributed by atoms with van der Waals surface area (Å²) in [5.41, 5.74) is 0. The molecular formula is C8H16F2N2O3. The SMILES string of the molecule is O=C(CN(CCO)CC(F)F)NCCO. The van der Waals surface area contributed by atoms with E-state index in [0.29, 0.717) is 0 Å². The normalized spacial score (nSPS) is 11.1. The molecule has 1 amide bonds. The average Bonchev–Trinajstić information content (AvgIpc) is 2.14. The van der Waals surface area contributed by atoms with Crippen molar-refractivity contribution in [1.29, 1.82) is 0 Å². The number of alkyl halides is 2. The van der Waals surface area contributed by atoms with E-state index >= 15 is 0 Å². The lowest BCUT2D eigenvalue weighted by Crippen LogP contribution is -2.41. The van der Waals surface area contributed by atoms with Crippen molar-refractivity contribution in [2.75, 3.05) is 39.4 Å². The number of nitrogens with one attached hydrogen (secondary N) is 1. The molecule has 0 fully saturated rings. The zero-order valence-corrected chi connectivity index (χ0v) is 8.33. The number of carbonyl (C=O) groups is 1. The highest BCUT2D eigenvalue weighted by molar-refractivity contribution is 5.77. The van der Waals surface area contributed by atoms with Crippen molar-refractivity contribution in [1.82, 2.24) is 10.2 Å². The van der Waals surface area contributed by atoms with E-state index < -0.39 is 18.9 Å². The van der Waals surface area contributed by atoms with Crippen LogP contribution in [0, 0.1) is 0 Å². The molecule has 0 aromatic rings. The van der Waals surface area contributed by atoms with Gasteiger partial charge in [-0.1, -0.05) is 0 Å². The van der Waals surface area contributed by atoms with E-state index in [0.717, 1.165) is 4.90 Å². The summed E-state index contributed by atoms with van der Waals surface area (Å²) >= 11 is 0. The lowest BCUT2D eigenvalue weighted by molar-refractivity contribution is -0.122. The van der Waals surface area contributed by atoms with E-state index in [9.17, 15) is 13.6 Å². The molecule has 0 radical (unpaired) electrons. The molecule has 0 aromatic heterocycles. The fraction of sp³-hybridized carbons (Fsp3) is 0.875. The first-order valence-corrected chi connectivity index (χ1v) is 4.59. The van der Waals surface area contributed by atoms with Crippen LogP contribution in [0.5, 0.6) is 0 Å². The van der Waals surface area contributed by atoms with Crippen LogP contribution in [0.3, 0.4) is 0 Å². The Kier molecular flexibility index (Phi) is 8.06. The minimum absolute atomic E-state index is 0.0247. The Morgan fingerprint density at radius 1 is 1.33 bits per heavy atom. The van der Waals surface area contributed by atoms with Crippen molar-refractivity contribution in [3.05, 3.63) is 0 Å². The third kappa shape index (κ3) is 8.22. The highest BCUT2D eigenvalue weighted by Crippen LogP contribution is 1.97. The number of halogens is 2. The van der Waals surface area contributed by atoms with Crippen LogP contribution in [-0.4, -0.2) is 66.8 Å². The third-order valence-corrected chi connectivity index (χ3v) is 1.61. The molecule has 0 saturated heterocycles. The molecule has 0 aliphatic heterocycles. The number of rotatable bonds is 8. The Morgan fingerprint density at radius 2 is 2.00 bits per heavy atom. The average molecular weight is 226 g/mol. The number of hydrogen-bond acceptors (Lipinski definition) is 4. The molecular weight excluding hydrogens is 210 g/mol. The summed E-state index contributed by atoms with van der Waals surface area (Å²) in [6, 6.07) is 0. The van der Waals surface area contributed by atoms with E-state index in [1.165, 1.54) is 0 Å². The molecule has 7 heteroatoms. The van der Waals surface area contributed by atoms with E-state index in [1.54, 1.807) is 0 Å². The molecule has 0 saturated carbocycles. The summed E-state index contributed by atoms with van der Waals surface area (Å²) in [5, 5.41) is 19.3. The Hall–Kier alpha value is -0.790. The maximum Gasteiger partial charge on any atom is 0.251 e. The minimum atomic E-state index is -2.54. The number of carbonyl (C=O) groups excluding carboxylic acids is 1. The topological polar surface area (TPSA) is 72.8 Å². The third-order valence-electron chi connectivity index (χ3n) is 1.61. The fourth-order valence-corrected chi connectivity index (χ4v) is 1.03. The van der Waals surface area contributed by atoms with Crippen LogP contribution in [0.1, 0.15) is 0 Å². The number of aliphatic hydroxyl groups excluding tert-OH is 2. The molecule has 0 heterocycles. The first kappa shape index (κ1) is 14.2. The predicted octanol–water partition coefficient (Wildman–Crippen LogP) is -1.35. The van der Waals surface area contributed by atoms with Crippen LogP contribution in [0.15, 0.2) is 0 Å². The molecule has 5 nitrogen and oxygen atoms in total. The molecule has 0 aliphatic carbocycles. The summed E-state index contributed by atoms with van der Waals surface area (Å²) in [4.78, 5) is 12.2. The van der Waals surface area contributed by atoms with Gasteiger partial charge in [-0.05, 0) is 0 Å². The van der Waals surface area contributed by atoms with E-state index in [4.69, 9.17) is 10.2 Å². The van der Waals surface area contributed by atoms with Crippen molar-refractivity contribution in [2.45, 2.75) is 6.43 Å². The Morgan fingerprint density at radius 3 is 2.47 bits per heavy atom. The summed E-state index contributed by atoms with van der Waals surface area (Å²) in [6.45, 7) is -1.10. The molecule has 0 bridgehead atoms. The summed E-state index contributed by atoms with van der Waals surface area (Å²) in [6.07, 6.45) is -2.54. The maximum absolute atomic E-state index is 12.0. The van der Waals surface area contributed by atoms with Crippen molar-refractivity contribution in [3.63, 3.8) is 0 Å². The predicted molar refractivity (Wildman–Crippen MR) is 49.6 cm³/mol. The van der Waals surface area contributed by atoms with Gasteiger partial charge in [0.05, 0.1) is 26.3 Å². The molecule has 0 aliphatic rings. The van der Waals surface area contributed by atoms with Crippen molar-refractivity contribution in [2.24, 2.45) is 0 Å². The number of hydrogen-bond donors (Lipinski definition) is 3. The molecule has 15 heavy (non-hydrogen) atoms. The zero-order chi connectivity index (χ0) is 11.7. The van der Waals surface area contributed by atoms with Gasteiger partial charge >= 0.3 is 0 Å². The summed E-state index contributed by atoms with van der Waals surface area (Å²) < 4.78 is 24.0. The largest absolute Gasteiger partial charge is 0.395 e. The van der Waals surface area contributed by atoms with Crippen LogP contribution in [0.25, 0.3) is 0 Å². The monoisotopic (exact) mass is 226 g/mol. The second kappa shape index (κ2) is 8.51. The van der Waals surface area contributed by atoms with Crippen LogP contribution in [0.2, 0.25) is 0 Å². The van der Waals surface area contributed by atoms with Crippen LogP contribution in [-0.2, 0) is 4.79 Å². The number of aliphatic hydroxyl groups is 2. The standard InChI is InChI=1S/C8H16F2N2O3/c9-7(10)5-12(2-4-14)6-8(15)11-1-3-13/h7,13-14H,1-6H2,(H,11,15). The van der Waals surface area contributed by atoms with Gasteiger partial charge < -0.3 is 15.5 Å². The maximum atomic E-state index is 12.0. The first-order valence-electron chi connectivity index (χ1n) is 4.59. The fourth-order valence-electron chi connectivity index (χ4n) is 1.03. The second-order valence-corrected chi connectivity index (χ2v) is 2.92. The molecule has 0 atom stereocenters. The highest BCUT2D eigenvalue weighted by atomic mass is 19.3. The molecule has 90 valence electrons. The van der Waals surface area contributed by atoms with Gasteiger partial charge in [0, 0.05) is 13.1 Å². The van der Waals surface area contributed by atoms with Crippen molar-refractivity contribution < 1.29 is 23.8 Å². The summed E-state index contributed by atoms with van der Waals surface area (Å²) in [5.74, 6) is -0.446. The van der Waals surface area contributed by atoms with Gasteiger partial charge in [-0.25, -0.2) is 8.78 Å². The van der Waals surface area contributed by atoms with Gasteiger partial charge in [0.15, 0.2) is 0 Å². The minimum Gasteiger partial charge on any atom is -0.395 e. The van der Waals surface area contributed by atoms with Gasteiger partial charge in [0.25, 0.3) is 6.43 Å². The number of nitrogens with zero attached hydrogens (tertiary/aromatic N) is 1. The van der Waals surface area contributed by atoms with E-state index in [-0.39, 0.29) is 32.8 Å². The van der Waals surface area contributed by atoms with Crippen molar-refractivity contribution >= 4 is 5.91 Å². The smallest absolute Gasteiger partial charge is 0.251 e. The zero-order valence-electron chi connectivity index (χ0n) is 8.33. The van der Waals surface area contributed by atoms with Gasteiger partial charge in [0.2, 0.25) is 5.91 Å². The number of amides is 1. The second-order valence-electron chi connectivity index (χ2n) is 2.92. The van der Waals surface area contributed by atoms with Gasteiger partial charge in [-0.3, -0.25) is 9.69 Å². The Bertz CT molecular complexity index is 181. The first-order chi connectivity index (χ1) is 7.10. The van der Waals surface area contributed by atoms with E-state index in [2.05, 4.69) is 5.32 Å². The Labute approximate surface area is 86.7 Å². The molecule has 3 N–H and O–H groups in total. The molecule has 0 rings (SSSR count). The van der Waals surface area contributed by atoms with Gasteiger partial charge in [0.1, 0.15) is 0 Å². The van der Waals surface area contributed by atoms with Crippen LogP contribution < -0.4 is 5.32 Å². The quantitative estimate of drug-likeness (QED) is 0.478. The van der Waals surface area contributed by atoms with E-state index in [1.807, 2.05) is 0 Å². The highest BCUT2D eigenvalue weighted by Gasteiger charge is 2.14. The lowest BCUT2D eigenvalue weighted by atomic mass is 10.4. The molecule has 0 unspecified atom stereocenters. The summed E-state index contributed by atoms with van der Waals surface area (Å²) in [7, 11) is 0. The molecule has 0 spiro atoms. The Balaban J connectivity index is 3.86. The molecule has 0 aromatic carbocycles. The lowest BCUT2D eigenvalue weighted by Gasteiger charge is -2.19. The van der Waals surface area contributed by atoms with Gasteiger partial charge in [-0.2, -0.15) is 0 Å². The van der Waals surface area contributed by atoms with Crippen molar-refractivity contribution in [3.8, 4) is 0 Å².